The number of aliphatic hydroxyl groups excluding tert-OH is 1. The van der Waals surface area contributed by atoms with E-state index < -0.39 is 41.1 Å². The number of fused-ring (bicyclic) bond motifs is 2. The number of benzene rings is 2. The highest BCUT2D eigenvalue weighted by Gasteiger charge is 2.80. The van der Waals surface area contributed by atoms with Crippen molar-refractivity contribution >= 4 is 34.2 Å². The van der Waals surface area contributed by atoms with Crippen LogP contribution in [0.25, 0.3) is 10.8 Å². The molecule has 0 aromatic heterocycles. The summed E-state index contributed by atoms with van der Waals surface area (Å²) in [6.07, 6.45) is 3.55. The average molecular weight is 533 g/mol. The van der Waals surface area contributed by atoms with E-state index in [0.717, 1.165) is 10.8 Å². The lowest BCUT2D eigenvalue weighted by atomic mass is 9.62. The standard InChI is InChI=1S/C31H36N2O6/c1-6-14-32(23-13-12-21-10-8-9-11-22(21)16-23)28(36)26-31-17-19(3)30(5,39-31)25(29(37)38-15-7-2)24(31)27(35)33(26)20(4)18-34/h6-13,16,19-20,24-26,34H,1-2,14-15,17-18H2,3-5H3/t19?,20-,24+,25-,26?,30+,31?/m1/s1. The van der Waals surface area contributed by atoms with Gasteiger partial charge in [0.15, 0.2) is 0 Å². The van der Waals surface area contributed by atoms with Gasteiger partial charge in [0.25, 0.3) is 5.91 Å². The van der Waals surface area contributed by atoms with Gasteiger partial charge >= 0.3 is 5.97 Å². The van der Waals surface area contributed by atoms with Gasteiger partial charge < -0.3 is 24.4 Å². The topological polar surface area (TPSA) is 96.4 Å². The molecule has 0 saturated carbocycles. The summed E-state index contributed by atoms with van der Waals surface area (Å²) >= 11 is 0. The van der Waals surface area contributed by atoms with E-state index in [1.54, 1.807) is 17.9 Å². The predicted molar refractivity (Wildman–Crippen MR) is 148 cm³/mol. The molecular weight excluding hydrogens is 496 g/mol. The van der Waals surface area contributed by atoms with Gasteiger partial charge in [0.2, 0.25) is 5.91 Å². The summed E-state index contributed by atoms with van der Waals surface area (Å²) in [6, 6.07) is 11.9. The number of hydrogen-bond acceptors (Lipinski definition) is 6. The van der Waals surface area contributed by atoms with Crippen LogP contribution in [0.2, 0.25) is 0 Å². The first-order chi connectivity index (χ1) is 18.6. The zero-order valence-corrected chi connectivity index (χ0v) is 22.7. The van der Waals surface area contributed by atoms with Crippen molar-refractivity contribution in [2.45, 2.75) is 50.5 Å². The summed E-state index contributed by atoms with van der Waals surface area (Å²) in [5.74, 6) is -3.14. The number of likely N-dealkylation sites (tertiary alicyclic amines) is 1. The van der Waals surface area contributed by atoms with Crippen LogP contribution in [-0.2, 0) is 23.9 Å². The Morgan fingerprint density at radius 3 is 2.62 bits per heavy atom. The van der Waals surface area contributed by atoms with E-state index in [-0.39, 0.29) is 37.5 Å². The Hall–Kier alpha value is -3.49. The Kier molecular flexibility index (Phi) is 6.89. The van der Waals surface area contributed by atoms with Crippen LogP contribution >= 0.6 is 0 Å². The predicted octanol–water partition coefficient (Wildman–Crippen LogP) is 3.48. The molecule has 39 heavy (non-hydrogen) atoms. The maximum Gasteiger partial charge on any atom is 0.313 e. The van der Waals surface area contributed by atoms with Crippen LogP contribution in [0.1, 0.15) is 27.2 Å². The number of hydrogen-bond donors (Lipinski definition) is 1. The third-order valence-electron chi connectivity index (χ3n) is 8.95. The van der Waals surface area contributed by atoms with E-state index in [2.05, 4.69) is 13.2 Å². The molecule has 3 aliphatic rings. The molecule has 5 rings (SSSR count). The quantitative estimate of drug-likeness (QED) is 0.393. The van der Waals surface area contributed by atoms with Crippen molar-refractivity contribution in [3.63, 3.8) is 0 Å². The minimum Gasteiger partial charge on any atom is -0.461 e. The fourth-order valence-corrected chi connectivity index (χ4v) is 7.05. The summed E-state index contributed by atoms with van der Waals surface area (Å²) in [5.41, 5.74) is -1.55. The maximum absolute atomic E-state index is 14.6. The molecular formula is C31H36N2O6. The van der Waals surface area contributed by atoms with Gasteiger partial charge in [0.1, 0.15) is 24.2 Å². The first-order valence-corrected chi connectivity index (χ1v) is 13.5. The van der Waals surface area contributed by atoms with Gasteiger partial charge in [-0.15, -0.1) is 6.58 Å². The lowest BCUT2D eigenvalue weighted by Gasteiger charge is -2.38. The van der Waals surface area contributed by atoms with E-state index in [0.29, 0.717) is 12.1 Å². The first-order valence-electron chi connectivity index (χ1n) is 13.5. The van der Waals surface area contributed by atoms with Crippen molar-refractivity contribution in [2.24, 2.45) is 17.8 Å². The second kappa shape index (κ2) is 9.92. The molecule has 0 aliphatic carbocycles. The van der Waals surface area contributed by atoms with Gasteiger partial charge in [-0.2, -0.15) is 0 Å². The van der Waals surface area contributed by atoms with Crippen LogP contribution in [0, 0.1) is 17.8 Å². The number of ether oxygens (including phenoxy) is 2. The van der Waals surface area contributed by atoms with Crippen LogP contribution in [0.5, 0.6) is 0 Å². The molecule has 3 saturated heterocycles. The van der Waals surface area contributed by atoms with Crippen LogP contribution in [-0.4, -0.2) is 70.8 Å². The Morgan fingerprint density at radius 2 is 1.95 bits per heavy atom. The SMILES string of the molecule is C=CCOC(=O)[C@H]1[C@H]2C(=O)N([C@H](C)CO)C(C(=O)N(CC=C)c3ccc4ccccc4c3)C23CC(C)[C@]1(C)O3. The second-order valence-electron chi connectivity index (χ2n) is 11.2. The fourth-order valence-electron chi connectivity index (χ4n) is 7.05. The summed E-state index contributed by atoms with van der Waals surface area (Å²) in [5, 5.41) is 12.1. The van der Waals surface area contributed by atoms with Crippen molar-refractivity contribution < 1.29 is 29.0 Å². The lowest BCUT2D eigenvalue weighted by molar-refractivity contribution is -0.161. The third-order valence-corrected chi connectivity index (χ3v) is 8.95. The molecule has 3 unspecified atom stereocenters. The van der Waals surface area contributed by atoms with E-state index in [1.165, 1.54) is 11.0 Å². The Bertz CT molecular complexity index is 1340. The Balaban J connectivity index is 1.62. The molecule has 3 fully saturated rings. The molecule has 2 bridgehead atoms. The highest BCUT2D eigenvalue weighted by atomic mass is 16.6. The molecule has 8 heteroatoms. The molecule has 3 heterocycles. The van der Waals surface area contributed by atoms with Crippen molar-refractivity contribution in [3.05, 3.63) is 67.8 Å². The van der Waals surface area contributed by atoms with Crippen LogP contribution in [0.3, 0.4) is 0 Å². The zero-order chi connectivity index (χ0) is 28.1. The third kappa shape index (κ3) is 3.92. The van der Waals surface area contributed by atoms with Gasteiger partial charge in [-0.05, 0) is 49.1 Å². The number of carbonyl (C=O) groups is 3. The Morgan fingerprint density at radius 1 is 1.23 bits per heavy atom. The van der Waals surface area contributed by atoms with Crippen LogP contribution < -0.4 is 4.90 Å². The van der Waals surface area contributed by atoms with E-state index in [1.807, 2.05) is 56.3 Å². The number of carbonyl (C=O) groups excluding carboxylic acids is 3. The van der Waals surface area contributed by atoms with Gasteiger partial charge in [-0.3, -0.25) is 14.4 Å². The highest BCUT2D eigenvalue weighted by Crippen LogP contribution is 2.65. The van der Waals surface area contributed by atoms with Crippen LogP contribution in [0.4, 0.5) is 5.69 Å². The molecule has 1 spiro atoms. The average Bonchev–Trinajstić information content (AvgIpc) is 3.45. The molecule has 2 aromatic rings. The summed E-state index contributed by atoms with van der Waals surface area (Å²) < 4.78 is 12.2. The number of esters is 1. The second-order valence-corrected chi connectivity index (χ2v) is 11.2. The van der Waals surface area contributed by atoms with E-state index in [9.17, 15) is 19.5 Å². The molecule has 206 valence electrons. The summed E-state index contributed by atoms with van der Waals surface area (Å²) in [4.78, 5) is 45.2. The molecule has 2 aromatic carbocycles. The summed E-state index contributed by atoms with van der Waals surface area (Å²) in [7, 11) is 0. The smallest absolute Gasteiger partial charge is 0.313 e. The number of aliphatic hydroxyl groups is 1. The molecule has 3 aliphatic heterocycles. The number of anilines is 1. The Labute approximate surface area is 228 Å². The molecule has 0 radical (unpaired) electrons. The van der Waals surface area contributed by atoms with Gasteiger partial charge in [0, 0.05) is 12.2 Å². The van der Waals surface area contributed by atoms with Crippen LogP contribution in [0.15, 0.2) is 67.8 Å². The largest absolute Gasteiger partial charge is 0.461 e. The lowest BCUT2D eigenvalue weighted by Crippen LogP contribution is -2.58. The fraction of sp³-hybridized carbons (Fsp3) is 0.452. The number of nitrogens with zero attached hydrogens (tertiary/aromatic N) is 2. The number of amides is 2. The molecule has 7 atom stereocenters. The normalized spacial score (nSPS) is 31.7. The zero-order valence-electron chi connectivity index (χ0n) is 22.7. The first kappa shape index (κ1) is 27.1. The van der Waals surface area contributed by atoms with E-state index in [4.69, 9.17) is 9.47 Å². The number of rotatable bonds is 9. The van der Waals surface area contributed by atoms with Crippen molar-refractivity contribution in [2.75, 3.05) is 24.7 Å². The van der Waals surface area contributed by atoms with Crippen molar-refractivity contribution in [1.82, 2.24) is 4.90 Å². The van der Waals surface area contributed by atoms with Gasteiger partial charge in [-0.1, -0.05) is 56.0 Å². The van der Waals surface area contributed by atoms with Crippen molar-refractivity contribution in [1.29, 1.82) is 0 Å². The monoisotopic (exact) mass is 532 g/mol. The maximum atomic E-state index is 14.6. The molecule has 1 N–H and O–H groups in total. The minimum atomic E-state index is -1.24. The minimum absolute atomic E-state index is 0.0158. The molecule has 8 nitrogen and oxygen atoms in total. The van der Waals surface area contributed by atoms with Gasteiger partial charge in [-0.25, -0.2) is 0 Å². The van der Waals surface area contributed by atoms with Gasteiger partial charge in [0.05, 0.1) is 24.2 Å². The summed E-state index contributed by atoms with van der Waals surface area (Å²) in [6.45, 7) is 12.9. The molecule has 2 amide bonds. The van der Waals surface area contributed by atoms with E-state index >= 15 is 0 Å². The van der Waals surface area contributed by atoms with Crippen molar-refractivity contribution in [3.8, 4) is 0 Å². The highest BCUT2D eigenvalue weighted by molar-refractivity contribution is 6.05.